The Kier molecular flexibility index (Phi) is 4.05. The Morgan fingerprint density at radius 3 is 2.65 bits per heavy atom. The first-order valence-corrected chi connectivity index (χ1v) is 5.95. The van der Waals surface area contributed by atoms with Gasteiger partial charge >= 0.3 is 5.97 Å². The third kappa shape index (κ3) is 3.61. The second-order valence-corrected chi connectivity index (χ2v) is 4.25. The van der Waals surface area contributed by atoms with Gasteiger partial charge in [0.2, 0.25) is 0 Å². The average Bonchev–Trinajstić information content (AvgIpc) is 2.40. The highest BCUT2D eigenvalue weighted by Crippen LogP contribution is 2.09. The second kappa shape index (κ2) is 5.92. The summed E-state index contributed by atoms with van der Waals surface area (Å²) in [6.45, 7) is 1.80. The van der Waals surface area contributed by atoms with Crippen LogP contribution in [0.25, 0.3) is 0 Å². The summed E-state index contributed by atoms with van der Waals surface area (Å²) in [4.78, 5) is 30.5. The molecule has 2 aromatic rings. The summed E-state index contributed by atoms with van der Waals surface area (Å²) in [5, 5.41) is 11.3. The summed E-state index contributed by atoms with van der Waals surface area (Å²) in [7, 11) is 0. The summed E-state index contributed by atoms with van der Waals surface area (Å²) < 4.78 is 0. The summed E-state index contributed by atoms with van der Waals surface area (Å²) in [5.74, 6) is -1.20. The highest BCUT2D eigenvalue weighted by atomic mass is 16.4. The van der Waals surface area contributed by atoms with E-state index in [1.54, 1.807) is 37.4 Å². The van der Waals surface area contributed by atoms with Crippen molar-refractivity contribution in [1.82, 2.24) is 9.97 Å². The lowest BCUT2D eigenvalue weighted by atomic mass is 10.2. The molecule has 0 fully saturated rings. The molecular weight excluding hydrogens is 258 g/mol. The first-order valence-electron chi connectivity index (χ1n) is 5.95. The van der Waals surface area contributed by atoms with E-state index in [1.807, 2.05) is 0 Å². The van der Waals surface area contributed by atoms with Gasteiger partial charge in [-0.05, 0) is 31.2 Å². The van der Waals surface area contributed by atoms with Crippen LogP contribution < -0.4 is 5.32 Å². The predicted octanol–water partition coefficient (Wildman–Crippen LogP) is 1.66. The van der Waals surface area contributed by atoms with Gasteiger partial charge in [-0.25, -0.2) is 0 Å². The highest BCUT2D eigenvalue weighted by Gasteiger charge is 2.07. The minimum atomic E-state index is -0.943. The van der Waals surface area contributed by atoms with Crippen LogP contribution in [-0.2, 0) is 11.2 Å². The van der Waals surface area contributed by atoms with Crippen LogP contribution in [0, 0.1) is 6.92 Å². The van der Waals surface area contributed by atoms with Crippen LogP contribution >= 0.6 is 0 Å². The predicted molar refractivity (Wildman–Crippen MR) is 72.5 cm³/mol. The fraction of sp³-hybridized carbons (Fsp3) is 0.143. The van der Waals surface area contributed by atoms with E-state index in [0.717, 1.165) is 5.69 Å². The Morgan fingerprint density at radius 1 is 1.25 bits per heavy atom. The lowest BCUT2D eigenvalue weighted by Crippen LogP contribution is -2.12. The number of hydrogen-bond acceptors (Lipinski definition) is 4. The van der Waals surface area contributed by atoms with Gasteiger partial charge < -0.3 is 10.4 Å². The van der Waals surface area contributed by atoms with Gasteiger partial charge in [0.05, 0.1) is 24.0 Å². The fourth-order valence-corrected chi connectivity index (χ4v) is 1.65. The summed E-state index contributed by atoms with van der Waals surface area (Å²) in [6.07, 6.45) is 2.86. The molecule has 0 aliphatic heterocycles. The number of aromatic nitrogens is 2. The van der Waals surface area contributed by atoms with E-state index >= 15 is 0 Å². The van der Waals surface area contributed by atoms with E-state index in [4.69, 9.17) is 5.11 Å². The normalized spacial score (nSPS) is 10.1. The Morgan fingerprint density at radius 2 is 2.05 bits per heavy atom. The van der Waals surface area contributed by atoms with Crippen molar-refractivity contribution in [3.8, 4) is 0 Å². The molecule has 0 aliphatic carbocycles. The van der Waals surface area contributed by atoms with Crippen molar-refractivity contribution in [2.45, 2.75) is 13.3 Å². The Labute approximate surface area is 115 Å². The molecule has 2 aromatic heterocycles. The number of carboxylic acids is 1. The lowest BCUT2D eigenvalue weighted by Gasteiger charge is -2.06. The number of aryl methyl sites for hydroxylation is 1. The topological polar surface area (TPSA) is 92.2 Å². The van der Waals surface area contributed by atoms with E-state index in [-0.39, 0.29) is 12.3 Å². The first-order chi connectivity index (χ1) is 9.54. The molecule has 0 radical (unpaired) electrons. The number of hydrogen-bond donors (Lipinski definition) is 2. The number of anilines is 1. The van der Waals surface area contributed by atoms with Crippen LogP contribution in [0.2, 0.25) is 0 Å². The van der Waals surface area contributed by atoms with Gasteiger partial charge in [0, 0.05) is 17.5 Å². The van der Waals surface area contributed by atoms with E-state index in [9.17, 15) is 9.59 Å². The lowest BCUT2D eigenvalue weighted by molar-refractivity contribution is -0.136. The Hall–Kier alpha value is -2.76. The molecule has 0 bridgehead atoms. The molecule has 0 aliphatic rings. The number of rotatable bonds is 4. The molecule has 102 valence electrons. The molecule has 2 heterocycles. The first kappa shape index (κ1) is 13.7. The van der Waals surface area contributed by atoms with E-state index in [2.05, 4.69) is 15.3 Å². The number of carboxylic acid groups (broad SMARTS) is 1. The molecule has 2 N–H and O–H groups in total. The minimum absolute atomic E-state index is 0.141. The molecule has 0 saturated carbocycles. The molecule has 0 spiro atoms. The molecule has 0 saturated heterocycles. The van der Waals surface area contributed by atoms with Gasteiger partial charge in [-0.3, -0.25) is 19.6 Å². The van der Waals surface area contributed by atoms with Crippen molar-refractivity contribution in [3.05, 3.63) is 53.6 Å². The van der Waals surface area contributed by atoms with Crippen LogP contribution in [0.1, 0.15) is 21.7 Å². The second-order valence-electron chi connectivity index (χ2n) is 4.25. The Balaban J connectivity index is 2.06. The van der Waals surface area contributed by atoms with Crippen LogP contribution in [0.15, 0.2) is 36.7 Å². The minimum Gasteiger partial charge on any atom is -0.481 e. The number of amides is 1. The third-order valence-corrected chi connectivity index (χ3v) is 2.57. The van der Waals surface area contributed by atoms with Crippen molar-refractivity contribution < 1.29 is 14.7 Å². The van der Waals surface area contributed by atoms with Crippen molar-refractivity contribution in [2.24, 2.45) is 0 Å². The van der Waals surface area contributed by atoms with Crippen molar-refractivity contribution in [1.29, 1.82) is 0 Å². The van der Waals surface area contributed by atoms with Crippen LogP contribution in [0.5, 0.6) is 0 Å². The molecule has 0 atom stereocenters. The van der Waals surface area contributed by atoms with E-state index in [0.29, 0.717) is 16.9 Å². The van der Waals surface area contributed by atoms with Gasteiger partial charge in [-0.15, -0.1) is 0 Å². The van der Waals surface area contributed by atoms with Crippen molar-refractivity contribution >= 4 is 17.6 Å². The van der Waals surface area contributed by atoms with Gasteiger partial charge in [-0.1, -0.05) is 0 Å². The maximum absolute atomic E-state index is 12.0. The van der Waals surface area contributed by atoms with Crippen LogP contribution in [0.3, 0.4) is 0 Å². The van der Waals surface area contributed by atoms with Crippen molar-refractivity contribution in [2.75, 3.05) is 5.32 Å². The van der Waals surface area contributed by atoms with Crippen molar-refractivity contribution in [3.63, 3.8) is 0 Å². The molecule has 1 amide bonds. The zero-order valence-electron chi connectivity index (χ0n) is 10.8. The number of pyridine rings is 2. The average molecular weight is 271 g/mol. The molecular formula is C14H13N3O3. The van der Waals surface area contributed by atoms with E-state index < -0.39 is 5.97 Å². The summed E-state index contributed by atoms with van der Waals surface area (Å²) >= 11 is 0. The SMILES string of the molecule is Cc1cc(C(=O)Nc2ccc(CC(=O)O)nc2)ccn1. The van der Waals surface area contributed by atoms with E-state index in [1.165, 1.54) is 6.20 Å². The maximum Gasteiger partial charge on any atom is 0.309 e. The van der Waals surface area contributed by atoms with Gasteiger partial charge in [0.1, 0.15) is 0 Å². The molecule has 6 heteroatoms. The number of aliphatic carboxylic acids is 1. The maximum atomic E-state index is 12.0. The Bertz CT molecular complexity index is 638. The molecule has 20 heavy (non-hydrogen) atoms. The van der Waals surface area contributed by atoms with Crippen LogP contribution in [0.4, 0.5) is 5.69 Å². The largest absolute Gasteiger partial charge is 0.481 e. The van der Waals surface area contributed by atoms with Gasteiger partial charge in [0.15, 0.2) is 0 Å². The summed E-state index contributed by atoms with van der Waals surface area (Å²) in [6, 6.07) is 6.49. The summed E-state index contributed by atoms with van der Waals surface area (Å²) in [5.41, 5.74) is 2.22. The van der Waals surface area contributed by atoms with Gasteiger partial charge in [0.25, 0.3) is 5.91 Å². The molecule has 6 nitrogen and oxygen atoms in total. The zero-order valence-corrected chi connectivity index (χ0v) is 10.8. The number of carbonyl (C=O) groups excluding carboxylic acids is 1. The van der Waals surface area contributed by atoms with Crippen LogP contribution in [-0.4, -0.2) is 27.0 Å². The number of nitrogens with zero attached hydrogens (tertiary/aromatic N) is 2. The third-order valence-electron chi connectivity index (χ3n) is 2.57. The standard InChI is InChI=1S/C14H13N3O3/c1-9-6-10(4-5-15-9)14(20)17-12-3-2-11(16-8-12)7-13(18)19/h2-6,8H,7H2,1H3,(H,17,20)(H,18,19). The van der Waals surface area contributed by atoms with Gasteiger partial charge in [-0.2, -0.15) is 0 Å². The quantitative estimate of drug-likeness (QED) is 0.882. The monoisotopic (exact) mass is 271 g/mol. The number of nitrogens with one attached hydrogen (secondary N) is 1. The molecule has 2 rings (SSSR count). The highest BCUT2D eigenvalue weighted by molar-refractivity contribution is 6.04. The molecule has 0 aromatic carbocycles. The smallest absolute Gasteiger partial charge is 0.309 e. The molecule has 0 unspecified atom stereocenters. The number of carbonyl (C=O) groups is 2. The zero-order chi connectivity index (χ0) is 14.5. The fourth-order valence-electron chi connectivity index (χ4n) is 1.65.